The second kappa shape index (κ2) is 10.4. The molecule has 0 bridgehead atoms. The number of carbonyl (C=O) groups excluding carboxylic acids is 1. The van der Waals surface area contributed by atoms with Gasteiger partial charge in [0, 0.05) is 36.4 Å². The highest BCUT2D eigenvalue weighted by Crippen LogP contribution is 2.31. The van der Waals surface area contributed by atoms with Gasteiger partial charge in [0.25, 0.3) is 5.91 Å². The Balaban J connectivity index is 1.35. The van der Waals surface area contributed by atoms with E-state index in [0.29, 0.717) is 29.4 Å². The Morgan fingerprint density at radius 1 is 0.900 bits per heavy atom. The van der Waals surface area contributed by atoms with Gasteiger partial charge in [0.15, 0.2) is 11.5 Å². The SMILES string of the molecule is N#Cc1ncc(C(=O)NCc2ccc(-n3c(-c4cccnc4N)nc4ccc(-c5ccccc5)nc43)cc2)cn1. The Morgan fingerprint density at radius 3 is 2.40 bits per heavy atom. The first kappa shape index (κ1) is 24.4. The van der Waals surface area contributed by atoms with Gasteiger partial charge in [-0.15, -0.1) is 0 Å². The number of carbonyl (C=O) groups is 1. The number of nitrogens with zero attached hydrogens (tertiary/aromatic N) is 7. The van der Waals surface area contributed by atoms with Crippen LogP contribution in [-0.2, 0) is 6.54 Å². The summed E-state index contributed by atoms with van der Waals surface area (Å²) in [4.78, 5) is 34.3. The number of nitrogens with two attached hydrogens (primary N) is 1. The van der Waals surface area contributed by atoms with Crippen LogP contribution in [0.25, 0.3) is 39.5 Å². The zero-order valence-corrected chi connectivity index (χ0v) is 21.1. The normalized spacial score (nSPS) is 10.8. The van der Waals surface area contributed by atoms with Gasteiger partial charge < -0.3 is 11.1 Å². The van der Waals surface area contributed by atoms with Crippen molar-refractivity contribution >= 4 is 22.9 Å². The van der Waals surface area contributed by atoms with Gasteiger partial charge in [0.05, 0.1) is 16.8 Å². The van der Waals surface area contributed by atoms with Gasteiger partial charge in [-0.1, -0.05) is 42.5 Å². The minimum Gasteiger partial charge on any atom is -0.383 e. The molecule has 0 atom stereocenters. The number of nitrogens with one attached hydrogen (secondary N) is 1. The van der Waals surface area contributed by atoms with Crippen LogP contribution in [0.1, 0.15) is 21.7 Å². The van der Waals surface area contributed by atoms with Gasteiger partial charge in [-0.05, 0) is 42.0 Å². The van der Waals surface area contributed by atoms with Crippen LogP contribution < -0.4 is 11.1 Å². The fourth-order valence-corrected chi connectivity index (χ4v) is 4.31. The van der Waals surface area contributed by atoms with Crippen molar-refractivity contribution in [2.75, 3.05) is 5.73 Å². The number of fused-ring (bicyclic) bond motifs is 1. The zero-order chi connectivity index (χ0) is 27.5. The van der Waals surface area contributed by atoms with Gasteiger partial charge in [-0.25, -0.2) is 24.9 Å². The lowest BCUT2D eigenvalue weighted by Gasteiger charge is -2.12. The van der Waals surface area contributed by atoms with Crippen molar-refractivity contribution in [3.05, 3.63) is 114 Å². The molecule has 3 N–H and O–H groups in total. The van der Waals surface area contributed by atoms with Gasteiger partial charge >= 0.3 is 0 Å². The van der Waals surface area contributed by atoms with Gasteiger partial charge in [0.2, 0.25) is 5.82 Å². The number of hydrogen-bond acceptors (Lipinski definition) is 8. The van der Waals surface area contributed by atoms with E-state index in [-0.39, 0.29) is 17.3 Å². The number of aromatic nitrogens is 6. The molecule has 0 aliphatic carbocycles. The van der Waals surface area contributed by atoms with Crippen molar-refractivity contribution in [1.82, 2.24) is 34.8 Å². The average molecular weight is 524 g/mol. The lowest BCUT2D eigenvalue weighted by Crippen LogP contribution is -2.23. The summed E-state index contributed by atoms with van der Waals surface area (Å²) in [6, 6.07) is 27.1. The molecular formula is C30H21N9O. The summed E-state index contributed by atoms with van der Waals surface area (Å²) >= 11 is 0. The highest BCUT2D eigenvalue weighted by atomic mass is 16.1. The molecule has 1 amide bonds. The van der Waals surface area contributed by atoms with Crippen molar-refractivity contribution in [1.29, 1.82) is 5.26 Å². The molecular weight excluding hydrogens is 502 g/mol. The van der Waals surface area contributed by atoms with Crippen molar-refractivity contribution in [2.45, 2.75) is 6.54 Å². The molecule has 6 aromatic rings. The molecule has 0 aliphatic heterocycles. The highest BCUT2D eigenvalue weighted by Gasteiger charge is 2.19. The first-order valence-corrected chi connectivity index (χ1v) is 12.4. The molecule has 0 aliphatic rings. The summed E-state index contributed by atoms with van der Waals surface area (Å²) < 4.78 is 1.96. The zero-order valence-electron chi connectivity index (χ0n) is 21.1. The van der Waals surface area contributed by atoms with E-state index in [1.807, 2.05) is 89.5 Å². The molecule has 10 heteroatoms. The predicted octanol–water partition coefficient (Wildman–Crippen LogP) is 4.32. The largest absolute Gasteiger partial charge is 0.383 e. The smallest absolute Gasteiger partial charge is 0.254 e. The number of anilines is 1. The third-order valence-corrected chi connectivity index (χ3v) is 6.32. The van der Waals surface area contributed by atoms with Crippen LogP contribution in [0, 0.1) is 11.3 Å². The predicted molar refractivity (Wildman–Crippen MR) is 150 cm³/mol. The van der Waals surface area contributed by atoms with Crippen molar-refractivity contribution in [3.63, 3.8) is 0 Å². The molecule has 0 spiro atoms. The van der Waals surface area contributed by atoms with E-state index in [9.17, 15) is 4.79 Å². The maximum atomic E-state index is 12.5. The van der Waals surface area contributed by atoms with Crippen molar-refractivity contribution in [3.8, 4) is 34.4 Å². The molecule has 192 valence electrons. The van der Waals surface area contributed by atoms with E-state index in [0.717, 1.165) is 28.0 Å². The number of nitriles is 1. The molecule has 0 unspecified atom stereocenters. The molecule has 10 nitrogen and oxygen atoms in total. The van der Waals surface area contributed by atoms with Crippen LogP contribution in [0.5, 0.6) is 0 Å². The molecule has 4 heterocycles. The van der Waals surface area contributed by atoms with Crippen LogP contribution in [0.2, 0.25) is 0 Å². The first-order chi connectivity index (χ1) is 19.6. The quantitative estimate of drug-likeness (QED) is 0.328. The number of imidazole rings is 1. The standard InChI is InChI=1S/C30H21N9O/c31-15-26-34-17-21(18-35-26)30(40)36-16-19-8-10-22(11-9-19)39-28(23-7-4-14-33-27(23)32)38-25-13-12-24(37-29(25)39)20-5-2-1-3-6-20/h1-14,17-18H,16H2,(H2,32,33)(H,36,40). The van der Waals surface area contributed by atoms with Gasteiger partial charge in [-0.2, -0.15) is 5.26 Å². The first-order valence-electron chi connectivity index (χ1n) is 12.4. The number of benzene rings is 2. The number of nitrogen functional groups attached to an aromatic ring is 1. The molecule has 0 radical (unpaired) electrons. The van der Waals surface area contributed by atoms with Crippen LogP contribution in [-0.4, -0.2) is 35.4 Å². The Bertz CT molecular complexity index is 1870. The summed E-state index contributed by atoms with van der Waals surface area (Å²) in [6.07, 6.45) is 4.30. The molecule has 0 saturated carbocycles. The summed E-state index contributed by atoms with van der Waals surface area (Å²) in [5.41, 5.74) is 12.2. The van der Waals surface area contributed by atoms with Gasteiger partial charge in [-0.3, -0.25) is 9.36 Å². The van der Waals surface area contributed by atoms with Crippen LogP contribution >= 0.6 is 0 Å². The Hall–Kier alpha value is -5.95. The summed E-state index contributed by atoms with van der Waals surface area (Å²) in [6.45, 7) is 0.294. The van der Waals surface area contributed by atoms with E-state index in [2.05, 4.69) is 20.3 Å². The minimum atomic E-state index is -0.332. The third kappa shape index (κ3) is 4.70. The molecule has 2 aromatic carbocycles. The third-order valence-electron chi connectivity index (χ3n) is 6.32. The van der Waals surface area contributed by atoms with Crippen LogP contribution in [0.3, 0.4) is 0 Å². The van der Waals surface area contributed by atoms with E-state index >= 15 is 0 Å². The number of rotatable bonds is 6. The second-order valence-electron chi connectivity index (χ2n) is 8.87. The maximum Gasteiger partial charge on any atom is 0.254 e. The van der Waals surface area contributed by atoms with E-state index in [4.69, 9.17) is 21.0 Å². The molecule has 4 aromatic heterocycles. The summed E-state index contributed by atoms with van der Waals surface area (Å²) in [5.74, 6) is 0.673. The Morgan fingerprint density at radius 2 is 1.68 bits per heavy atom. The fourth-order valence-electron chi connectivity index (χ4n) is 4.31. The van der Waals surface area contributed by atoms with E-state index < -0.39 is 0 Å². The molecule has 6 rings (SSSR count). The molecule has 40 heavy (non-hydrogen) atoms. The van der Waals surface area contributed by atoms with Crippen molar-refractivity contribution < 1.29 is 4.79 Å². The molecule has 0 fully saturated rings. The van der Waals surface area contributed by atoms with Crippen molar-refractivity contribution in [2.24, 2.45) is 0 Å². The van der Waals surface area contributed by atoms with Crippen LogP contribution in [0.15, 0.2) is 97.5 Å². The van der Waals surface area contributed by atoms with E-state index in [1.165, 1.54) is 12.4 Å². The highest BCUT2D eigenvalue weighted by molar-refractivity contribution is 5.93. The summed E-state index contributed by atoms with van der Waals surface area (Å²) in [5, 5.41) is 11.7. The lowest BCUT2D eigenvalue weighted by atomic mass is 10.1. The maximum absolute atomic E-state index is 12.5. The summed E-state index contributed by atoms with van der Waals surface area (Å²) in [7, 11) is 0. The van der Waals surface area contributed by atoms with E-state index in [1.54, 1.807) is 6.20 Å². The Kier molecular flexibility index (Phi) is 6.36. The number of amides is 1. The van der Waals surface area contributed by atoms with Crippen LogP contribution in [0.4, 0.5) is 5.82 Å². The monoisotopic (exact) mass is 523 g/mol. The average Bonchev–Trinajstić information content (AvgIpc) is 3.39. The van der Waals surface area contributed by atoms with Gasteiger partial charge in [0.1, 0.15) is 17.4 Å². The topological polar surface area (TPSA) is 148 Å². The lowest BCUT2D eigenvalue weighted by molar-refractivity contribution is 0.0950. The number of pyridine rings is 2. The molecule has 0 saturated heterocycles. The second-order valence-corrected chi connectivity index (χ2v) is 8.87. The Labute approximate surface area is 228 Å². The number of hydrogen-bond donors (Lipinski definition) is 2. The fraction of sp³-hybridized carbons (Fsp3) is 0.0333. The minimum absolute atomic E-state index is 0.0111.